The fraction of sp³-hybridized carbons (Fsp3) is 0.192. The van der Waals surface area contributed by atoms with Crippen molar-refractivity contribution in [1.29, 1.82) is 0 Å². The minimum atomic E-state index is -0.456. The summed E-state index contributed by atoms with van der Waals surface area (Å²) in [6.45, 7) is 0. The molecule has 0 saturated heterocycles. The third kappa shape index (κ3) is 4.76. The fourth-order valence-corrected chi connectivity index (χ4v) is 5.04. The molecule has 0 bridgehead atoms. The van der Waals surface area contributed by atoms with E-state index in [9.17, 15) is 14.9 Å². The van der Waals surface area contributed by atoms with E-state index in [2.05, 4.69) is 10.1 Å². The highest BCUT2D eigenvalue weighted by Gasteiger charge is 2.23. The van der Waals surface area contributed by atoms with Gasteiger partial charge in [-0.15, -0.1) is 0 Å². The lowest BCUT2D eigenvalue weighted by Gasteiger charge is -2.18. The van der Waals surface area contributed by atoms with Gasteiger partial charge in [0, 0.05) is 17.7 Å². The zero-order valence-corrected chi connectivity index (χ0v) is 19.8. The number of nitro groups is 1. The number of hydrazone groups is 1. The van der Waals surface area contributed by atoms with Crippen molar-refractivity contribution < 1.29 is 14.5 Å². The van der Waals surface area contributed by atoms with Gasteiger partial charge in [-0.25, -0.2) is 4.98 Å². The van der Waals surface area contributed by atoms with Crippen molar-refractivity contribution in [3.05, 3.63) is 93.0 Å². The number of rotatable bonds is 6. The largest absolute Gasteiger partial charge is 0.497 e. The van der Waals surface area contributed by atoms with Gasteiger partial charge in [0.05, 0.1) is 28.5 Å². The maximum absolute atomic E-state index is 13.7. The Bertz CT molecular complexity index is 1450. The standard InChI is InChI=1S/C26H22N4O4S/c1-34-22-12-13-23-24(15-22)35-26(28-23)29(27-16-17-6-10-21(11-7-17)30(32)33)25(31)20-9-8-18-4-2-3-5-19(18)14-20/h6-16H,2-5H2,1H3/b27-16+. The van der Waals surface area contributed by atoms with Crippen molar-refractivity contribution in [3.63, 3.8) is 0 Å². The summed E-state index contributed by atoms with van der Waals surface area (Å²) in [4.78, 5) is 28.8. The molecule has 0 fully saturated rings. The van der Waals surface area contributed by atoms with Crippen LogP contribution in [-0.2, 0) is 12.8 Å². The van der Waals surface area contributed by atoms with Gasteiger partial charge >= 0.3 is 0 Å². The van der Waals surface area contributed by atoms with E-state index < -0.39 is 4.92 Å². The Morgan fingerprint density at radius 3 is 2.60 bits per heavy atom. The molecule has 0 radical (unpaired) electrons. The second-order valence-corrected chi connectivity index (χ2v) is 9.24. The molecule has 0 spiro atoms. The number of methoxy groups -OCH3 is 1. The number of benzene rings is 3. The monoisotopic (exact) mass is 486 g/mol. The third-order valence-electron chi connectivity index (χ3n) is 5.98. The maximum Gasteiger partial charge on any atom is 0.280 e. The summed E-state index contributed by atoms with van der Waals surface area (Å²) in [5.74, 6) is 0.414. The average molecular weight is 487 g/mol. The van der Waals surface area contributed by atoms with E-state index in [0.717, 1.165) is 29.5 Å². The predicted octanol–water partition coefficient (Wildman–Crippen LogP) is 5.77. The quantitative estimate of drug-likeness (QED) is 0.196. The summed E-state index contributed by atoms with van der Waals surface area (Å²) in [6.07, 6.45) is 5.79. The van der Waals surface area contributed by atoms with Gasteiger partial charge in [0.25, 0.3) is 11.6 Å². The van der Waals surface area contributed by atoms with Crippen LogP contribution in [0.5, 0.6) is 5.75 Å². The first kappa shape index (κ1) is 22.7. The number of hydrogen-bond donors (Lipinski definition) is 0. The normalized spacial score (nSPS) is 13.1. The molecule has 0 N–H and O–H groups in total. The van der Waals surface area contributed by atoms with Gasteiger partial charge in [0.1, 0.15) is 5.75 Å². The molecule has 0 unspecified atom stereocenters. The number of carbonyl (C=O) groups excluding carboxylic acids is 1. The highest BCUT2D eigenvalue weighted by atomic mass is 32.1. The number of thiazole rings is 1. The van der Waals surface area contributed by atoms with Crippen LogP contribution >= 0.6 is 11.3 Å². The minimum absolute atomic E-state index is 0.00994. The van der Waals surface area contributed by atoms with E-state index in [-0.39, 0.29) is 11.6 Å². The number of amides is 1. The Balaban J connectivity index is 1.53. The molecule has 3 aromatic carbocycles. The van der Waals surface area contributed by atoms with E-state index in [1.54, 1.807) is 19.2 Å². The number of carbonyl (C=O) groups is 1. The number of aryl methyl sites for hydroxylation is 2. The van der Waals surface area contributed by atoms with Crippen LogP contribution in [0.4, 0.5) is 10.8 Å². The molecule has 1 aliphatic carbocycles. The van der Waals surface area contributed by atoms with Gasteiger partial charge in [-0.2, -0.15) is 10.1 Å². The van der Waals surface area contributed by atoms with Crippen LogP contribution in [0, 0.1) is 10.1 Å². The number of hydrogen-bond acceptors (Lipinski definition) is 7. The van der Waals surface area contributed by atoms with Crippen LogP contribution in [0.2, 0.25) is 0 Å². The smallest absolute Gasteiger partial charge is 0.280 e. The topological polar surface area (TPSA) is 97.9 Å². The summed E-state index contributed by atoms with van der Waals surface area (Å²) >= 11 is 1.34. The molecule has 1 heterocycles. The van der Waals surface area contributed by atoms with Crippen molar-refractivity contribution in [2.75, 3.05) is 12.1 Å². The third-order valence-corrected chi connectivity index (χ3v) is 6.97. The molecule has 1 amide bonds. The average Bonchev–Trinajstić information content (AvgIpc) is 3.31. The Morgan fingerprint density at radius 2 is 1.86 bits per heavy atom. The summed E-state index contributed by atoms with van der Waals surface area (Å²) in [6, 6.07) is 17.4. The SMILES string of the molecule is COc1ccc2nc(N(/N=C/c3ccc([N+](=O)[O-])cc3)C(=O)c3ccc4c(c3)CCCC4)sc2c1. The van der Waals surface area contributed by atoms with Gasteiger partial charge in [-0.05, 0) is 84.8 Å². The molecule has 35 heavy (non-hydrogen) atoms. The maximum atomic E-state index is 13.7. The number of fused-ring (bicyclic) bond motifs is 2. The number of aromatic nitrogens is 1. The van der Waals surface area contributed by atoms with Crippen LogP contribution < -0.4 is 9.75 Å². The molecule has 0 atom stereocenters. The first-order valence-electron chi connectivity index (χ1n) is 11.2. The van der Waals surface area contributed by atoms with Crippen LogP contribution in [0.15, 0.2) is 65.8 Å². The predicted molar refractivity (Wildman–Crippen MR) is 137 cm³/mol. The summed E-state index contributed by atoms with van der Waals surface area (Å²) in [5, 5.41) is 17.1. The fourth-order valence-electron chi connectivity index (χ4n) is 4.09. The number of ether oxygens (including phenoxy) is 1. The molecule has 0 aliphatic heterocycles. The first-order chi connectivity index (χ1) is 17.0. The Kier molecular flexibility index (Phi) is 6.24. The van der Waals surface area contributed by atoms with Crippen molar-refractivity contribution >= 4 is 44.5 Å². The number of anilines is 1. The van der Waals surface area contributed by atoms with Gasteiger partial charge in [0.2, 0.25) is 5.13 Å². The van der Waals surface area contributed by atoms with Crippen LogP contribution in [0.3, 0.4) is 0 Å². The summed E-state index contributed by atoms with van der Waals surface area (Å²) in [5.41, 5.74) is 4.39. The lowest BCUT2D eigenvalue weighted by Crippen LogP contribution is -2.26. The van der Waals surface area contributed by atoms with Gasteiger partial charge in [-0.1, -0.05) is 17.4 Å². The van der Waals surface area contributed by atoms with Crippen molar-refractivity contribution in [3.8, 4) is 5.75 Å². The summed E-state index contributed by atoms with van der Waals surface area (Å²) < 4.78 is 6.18. The summed E-state index contributed by atoms with van der Waals surface area (Å²) in [7, 11) is 1.60. The molecule has 8 nitrogen and oxygen atoms in total. The highest BCUT2D eigenvalue weighted by molar-refractivity contribution is 7.22. The minimum Gasteiger partial charge on any atom is -0.497 e. The van der Waals surface area contributed by atoms with Crippen molar-refractivity contribution in [2.24, 2.45) is 5.10 Å². The van der Waals surface area contributed by atoms with E-state index in [0.29, 0.717) is 22.0 Å². The van der Waals surface area contributed by atoms with E-state index in [1.807, 2.05) is 36.4 Å². The van der Waals surface area contributed by atoms with E-state index >= 15 is 0 Å². The lowest BCUT2D eigenvalue weighted by atomic mass is 9.90. The second kappa shape index (κ2) is 9.63. The molecular formula is C26H22N4O4S. The zero-order chi connectivity index (χ0) is 24.4. The van der Waals surface area contributed by atoms with E-state index in [4.69, 9.17) is 4.74 Å². The molecule has 5 rings (SSSR count). The van der Waals surface area contributed by atoms with Crippen LogP contribution in [0.25, 0.3) is 10.2 Å². The Labute approximate surface area is 205 Å². The zero-order valence-electron chi connectivity index (χ0n) is 19.0. The number of nitrogens with zero attached hydrogens (tertiary/aromatic N) is 4. The van der Waals surface area contributed by atoms with Crippen molar-refractivity contribution in [1.82, 2.24) is 4.98 Å². The van der Waals surface area contributed by atoms with Gasteiger partial charge in [0.15, 0.2) is 0 Å². The van der Waals surface area contributed by atoms with E-state index in [1.165, 1.54) is 52.2 Å². The molecule has 0 saturated carbocycles. The van der Waals surface area contributed by atoms with Crippen LogP contribution in [-0.4, -0.2) is 29.1 Å². The lowest BCUT2D eigenvalue weighted by molar-refractivity contribution is -0.384. The van der Waals surface area contributed by atoms with Gasteiger partial charge < -0.3 is 4.74 Å². The van der Waals surface area contributed by atoms with Gasteiger partial charge in [-0.3, -0.25) is 14.9 Å². The van der Waals surface area contributed by atoms with Crippen LogP contribution in [0.1, 0.15) is 39.9 Å². The molecule has 9 heteroatoms. The molecule has 176 valence electrons. The number of nitro benzene ring substituents is 1. The first-order valence-corrected chi connectivity index (χ1v) is 12.0. The highest BCUT2D eigenvalue weighted by Crippen LogP contribution is 2.33. The molecule has 4 aromatic rings. The molecule has 1 aliphatic rings. The second-order valence-electron chi connectivity index (χ2n) is 8.23. The number of non-ortho nitro benzene ring substituents is 1. The Hall–Kier alpha value is -4.11. The molecule has 1 aromatic heterocycles. The Morgan fingerprint density at radius 1 is 1.09 bits per heavy atom. The van der Waals surface area contributed by atoms with Crippen molar-refractivity contribution in [2.45, 2.75) is 25.7 Å². The molecular weight excluding hydrogens is 464 g/mol.